The maximum absolute atomic E-state index is 13.1. The molecule has 14 nitrogen and oxygen atoms in total. The zero-order valence-electron chi connectivity index (χ0n) is 39.3. The van der Waals surface area contributed by atoms with Crippen LogP contribution in [-0.2, 0) is 23.7 Å². The van der Waals surface area contributed by atoms with Gasteiger partial charge in [-0.3, -0.25) is 4.79 Å². The fourth-order valence-electron chi connectivity index (χ4n) is 8.53. The van der Waals surface area contributed by atoms with Crippen molar-refractivity contribution in [2.24, 2.45) is 0 Å². The SMILES string of the molecule is CCCCCCCCC/C=C/C(O)C(COC1OC(CO)C(OC2OC(CO)C(O)C(O)C2O)C(O)C1O)NC(=O)CCCCCCCCCCCCCCCCCCCCCC. The van der Waals surface area contributed by atoms with Crippen LogP contribution in [0.25, 0.3) is 0 Å². The Bertz CT molecular complexity index is 1120. The highest BCUT2D eigenvalue weighted by molar-refractivity contribution is 5.76. The third kappa shape index (κ3) is 24.4. The number of rotatable bonds is 39. The first kappa shape index (κ1) is 57.9. The molecule has 0 aromatic heterocycles. The third-order valence-corrected chi connectivity index (χ3v) is 12.7. The molecule has 14 heteroatoms. The monoisotopic (exact) mass is 904 g/mol. The second-order valence-corrected chi connectivity index (χ2v) is 18.3. The zero-order chi connectivity index (χ0) is 46.1. The van der Waals surface area contributed by atoms with Crippen molar-refractivity contribution in [3.8, 4) is 0 Å². The van der Waals surface area contributed by atoms with Crippen molar-refractivity contribution in [3.05, 3.63) is 12.2 Å². The molecule has 1 amide bonds. The van der Waals surface area contributed by atoms with Gasteiger partial charge in [0.1, 0.15) is 48.8 Å². The quantitative estimate of drug-likeness (QED) is 0.0241. The van der Waals surface area contributed by atoms with E-state index in [1.807, 2.05) is 6.08 Å². The number of hydrogen-bond donors (Lipinski definition) is 9. The number of nitrogens with one attached hydrogen (secondary N) is 1. The molecule has 2 rings (SSSR count). The summed E-state index contributed by atoms with van der Waals surface area (Å²) in [5.74, 6) is -0.239. The standard InChI is InChI=1S/C49H93NO13/c1-3-5-7-9-11-13-14-15-16-17-18-19-20-21-22-23-25-27-29-31-33-41(54)50-37(38(53)32-30-28-26-24-12-10-8-6-4-2)36-60-48-46(59)44(57)47(40(35-52)62-48)63-49-45(58)43(56)42(55)39(34-51)61-49/h30,32,37-40,42-49,51-53,55-59H,3-29,31,33-36H2,1-2H3,(H,50,54)/b32-30+. The number of aliphatic hydroxyl groups excluding tert-OH is 8. The van der Waals surface area contributed by atoms with Gasteiger partial charge in [0.2, 0.25) is 5.91 Å². The largest absolute Gasteiger partial charge is 0.394 e. The highest BCUT2D eigenvalue weighted by atomic mass is 16.7. The van der Waals surface area contributed by atoms with E-state index in [1.54, 1.807) is 6.08 Å². The maximum atomic E-state index is 13.1. The molecule has 2 aliphatic heterocycles. The second kappa shape index (κ2) is 36.8. The molecular weight excluding hydrogens is 811 g/mol. The van der Waals surface area contributed by atoms with Crippen molar-refractivity contribution >= 4 is 5.91 Å². The molecule has 0 bridgehead atoms. The van der Waals surface area contributed by atoms with Crippen LogP contribution in [0.4, 0.5) is 0 Å². The van der Waals surface area contributed by atoms with Crippen LogP contribution in [-0.4, -0.2) is 140 Å². The number of allylic oxidation sites excluding steroid dienone is 1. The molecule has 0 aliphatic carbocycles. The lowest BCUT2D eigenvalue weighted by Crippen LogP contribution is -2.65. The lowest BCUT2D eigenvalue weighted by atomic mass is 9.97. The molecule has 2 heterocycles. The summed E-state index contributed by atoms with van der Waals surface area (Å²) in [4.78, 5) is 13.1. The number of carbonyl (C=O) groups is 1. The van der Waals surface area contributed by atoms with Crippen molar-refractivity contribution in [1.82, 2.24) is 5.32 Å². The van der Waals surface area contributed by atoms with Gasteiger partial charge in [-0.2, -0.15) is 0 Å². The fraction of sp³-hybridized carbons (Fsp3) is 0.939. The first-order valence-electron chi connectivity index (χ1n) is 25.4. The molecule has 0 radical (unpaired) electrons. The zero-order valence-corrected chi connectivity index (χ0v) is 39.3. The molecule has 63 heavy (non-hydrogen) atoms. The Morgan fingerprint density at radius 2 is 0.984 bits per heavy atom. The van der Waals surface area contributed by atoms with Gasteiger partial charge < -0.3 is 65.1 Å². The van der Waals surface area contributed by atoms with Gasteiger partial charge in [0.05, 0.1) is 32.0 Å². The summed E-state index contributed by atoms with van der Waals surface area (Å²) in [6.07, 6.45) is 21.3. The summed E-state index contributed by atoms with van der Waals surface area (Å²) in [6, 6.07) is -0.906. The molecule has 2 aliphatic rings. The van der Waals surface area contributed by atoms with Crippen LogP contribution < -0.4 is 5.32 Å². The predicted octanol–water partition coefficient (Wildman–Crippen LogP) is 6.38. The number of aliphatic hydroxyl groups is 8. The highest BCUT2D eigenvalue weighted by Crippen LogP contribution is 2.30. The normalized spacial score (nSPS) is 27.5. The molecule has 2 fully saturated rings. The average molecular weight is 904 g/mol. The van der Waals surface area contributed by atoms with E-state index in [0.717, 1.165) is 38.5 Å². The summed E-state index contributed by atoms with van der Waals surface area (Å²) in [6.45, 7) is 2.76. The van der Waals surface area contributed by atoms with Gasteiger partial charge >= 0.3 is 0 Å². The molecule has 9 N–H and O–H groups in total. The molecular formula is C49H93NO13. The number of ether oxygens (including phenoxy) is 4. The minimum atomic E-state index is -1.78. The summed E-state index contributed by atoms with van der Waals surface area (Å²) in [5.41, 5.74) is 0. The molecule has 2 saturated heterocycles. The minimum absolute atomic E-state index is 0.239. The summed E-state index contributed by atoms with van der Waals surface area (Å²) in [5, 5.41) is 86.5. The molecule has 0 aromatic rings. The first-order chi connectivity index (χ1) is 30.6. The molecule has 12 unspecified atom stereocenters. The van der Waals surface area contributed by atoms with Crippen molar-refractivity contribution in [2.45, 2.75) is 274 Å². The van der Waals surface area contributed by atoms with Crippen LogP contribution in [0, 0.1) is 0 Å². The molecule has 372 valence electrons. The van der Waals surface area contributed by atoms with E-state index in [4.69, 9.17) is 18.9 Å². The second-order valence-electron chi connectivity index (χ2n) is 18.3. The van der Waals surface area contributed by atoms with Gasteiger partial charge in [-0.1, -0.05) is 187 Å². The summed E-state index contributed by atoms with van der Waals surface area (Å²) < 4.78 is 22.6. The van der Waals surface area contributed by atoms with E-state index in [1.165, 1.54) is 135 Å². The molecule has 0 aromatic carbocycles. The maximum Gasteiger partial charge on any atom is 0.220 e. The Kier molecular flexibility index (Phi) is 33.8. The first-order valence-corrected chi connectivity index (χ1v) is 25.4. The van der Waals surface area contributed by atoms with Crippen molar-refractivity contribution in [2.75, 3.05) is 19.8 Å². The van der Waals surface area contributed by atoms with Crippen LogP contribution >= 0.6 is 0 Å². The number of hydrogen-bond acceptors (Lipinski definition) is 13. The predicted molar refractivity (Wildman–Crippen MR) is 245 cm³/mol. The van der Waals surface area contributed by atoms with Gasteiger partial charge in [-0.05, 0) is 19.3 Å². The van der Waals surface area contributed by atoms with Crippen molar-refractivity contribution < 1.29 is 64.6 Å². The Balaban J connectivity index is 1.78. The average Bonchev–Trinajstić information content (AvgIpc) is 3.28. The third-order valence-electron chi connectivity index (χ3n) is 12.7. The van der Waals surface area contributed by atoms with Gasteiger partial charge in [0.15, 0.2) is 12.6 Å². The Labute approximate surface area is 380 Å². The van der Waals surface area contributed by atoms with E-state index < -0.39 is 86.8 Å². The van der Waals surface area contributed by atoms with Crippen LogP contribution in [0.5, 0.6) is 0 Å². The molecule has 0 spiro atoms. The Morgan fingerprint density at radius 1 is 0.556 bits per heavy atom. The lowest BCUT2D eigenvalue weighted by Gasteiger charge is -2.46. The summed E-state index contributed by atoms with van der Waals surface area (Å²) in [7, 11) is 0. The van der Waals surface area contributed by atoms with E-state index in [9.17, 15) is 45.6 Å². The summed E-state index contributed by atoms with van der Waals surface area (Å²) >= 11 is 0. The number of unbranched alkanes of at least 4 members (excludes halogenated alkanes) is 26. The fourth-order valence-corrected chi connectivity index (χ4v) is 8.53. The van der Waals surface area contributed by atoms with Crippen LogP contribution in [0.3, 0.4) is 0 Å². The van der Waals surface area contributed by atoms with E-state index in [2.05, 4.69) is 19.2 Å². The van der Waals surface area contributed by atoms with E-state index in [0.29, 0.717) is 6.42 Å². The van der Waals surface area contributed by atoms with Crippen molar-refractivity contribution in [1.29, 1.82) is 0 Å². The number of carbonyl (C=O) groups excluding carboxylic acids is 1. The van der Waals surface area contributed by atoms with Gasteiger partial charge in [-0.15, -0.1) is 0 Å². The minimum Gasteiger partial charge on any atom is -0.394 e. The van der Waals surface area contributed by atoms with Gasteiger partial charge in [0, 0.05) is 6.42 Å². The smallest absolute Gasteiger partial charge is 0.220 e. The van der Waals surface area contributed by atoms with Crippen LogP contribution in [0.1, 0.15) is 200 Å². The van der Waals surface area contributed by atoms with E-state index in [-0.39, 0.29) is 18.9 Å². The van der Waals surface area contributed by atoms with E-state index >= 15 is 0 Å². The van der Waals surface area contributed by atoms with Crippen LogP contribution in [0.15, 0.2) is 12.2 Å². The topological polar surface area (TPSA) is 228 Å². The van der Waals surface area contributed by atoms with Gasteiger partial charge in [0.25, 0.3) is 0 Å². The van der Waals surface area contributed by atoms with Crippen molar-refractivity contribution in [3.63, 3.8) is 0 Å². The molecule has 12 atom stereocenters. The highest BCUT2D eigenvalue weighted by Gasteiger charge is 2.51. The van der Waals surface area contributed by atoms with Gasteiger partial charge in [-0.25, -0.2) is 0 Å². The number of amides is 1. The lowest BCUT2D eigenvalue weighted by molar-refractivity contribution is -0.359. The molecule has 0 saturated carbocycles. The Hall–Kier alpha value is -1.27. The Morgan fingerprint density at radius 3 is 1.46 bits per heavy atom. The van der Waals surface area contributed by atoms with Crippen LogP contribution in [0.2, 0.25) is 0 Å².